The number of hydrogen-bond acceptors (Lipinski definition) is 4. The number of rotatable bonds is 3. The van der Waals surface area contributed by atoms with Crippen LogP contribution in [-0.4, -0.2) is 17.5 Å². The Morgan fingerprint density at radius 2 is 2.14 bits per heavy atom. The van der Waals surface area contributed by atoms with E-state index in [2.05, 4.69) is 17.6 Å². The van der Waals surface area contributed by atoms with Gasteiger partial charge in [0.2, 0.25) is 5.91 Å². The highest BCUT2D eigenvalue weighted by molar-refractivity contribution is 5.98. The summed E-state index contributed by atoms with van der Waals surface area (Å²) in [7, 11) is 0. The van der Waals surface area contributed by atoms with Crippen LogP contribution in [0.25, 0.3) is 0 Å². The topological polar surface area (TPSA) is 80.6 Å². The van der Waals surface area contributed by atoms with Crippen LogP contribution in [0.5, 0.6) is 5.75 Å². The number of para-hydroxylation sites is 1. The standard InChI is InChI=1S/C22H24N2O4/c1-21-9-8-14(11-17(21)20(26)23-12-15-5-4-10-27-15)22(13-21)24-19(25)16-6-2-3-7-18(16)28-22/h2-7,10,14,17H,8-9,11-13H2,1H3,(H,23,26)(H,24,25)/t14-,17-,21-,22+/m1/s1. The summed E-state index contributed by atoms with van der Waals surface area (Å²) < 4.78 is 11.7. The first-order valence-electron chi connectivity index (χ1n) is 9.90. The van der Waals surface area contributed by atoms with Gasteiger partial charge in [-0.05, 0) is 48.9 Å². The van der Waals surface area contributed by atoms with Crippen molar-refractivity contribution in [3.8, 4) is 5.75 Å². The summed E-state index contributed by atoms with van der Waals surface area (Å²) >= 11 is 0. The van der Waals surface area contributed by atoms with Crippen LogP contribution in [-0.2, 0) is 11.3 Å². The lowest BCUT2D eigenvalue weighted by atomic mass is 9.52. The molecular formula is C22H24N2O4. The molecule has 0 radical (unpaired) electrons. The van der Waals surface area contributed by atoms with Gasteiger partial charge >= 0.3 is 0 Å². The van der Waals surface area contributed by atoms with Crippen molar-refractivity contribution in [2.24, 2.45) is 17.3 Å². The Kier molecular flexibility index (Phi) is 3.79. The number of carbonyl (C=O) groups excluding carboxylic acids is 2. The summed E-state index contributed by atoms with van der Waals surface area (Å²) in [6.07, 6.45) is 4.86. The predicted molar refractivity (Wildman–Crippen MR) is 101 cm³/mol. The van der Waals surface area contributed by atoms with Crippen molar-refractivity contribution in [3.63, 3.8) is 0 Å². The minimum Gasteiger partial charge on any atom is -0.467 e. The molecule has 6 nitrogen and oxygen atoms in total. The van der Waals surface area contributed by atoms with Gasteiger partial charge < -0.3 is 19.8 Å². The molecule has 3 saturated carbocycles. The molecule has 2 heterocycles. The highest BCUT2D eigenvalue weighted by atomic mass is 16.5. The van der Waals surface area contributed by atoms with Crippen LogP contribution in [0.4, 0.5) is 0 Å². The second-order valence-electron chi connectivity index (χ2n) is 8.59. The lowest BCUT2D eigenvalue weighted by Gasteiger charge is -2.59. The maximum Gasteiger partial charge on any atom is 0.258 e. The number of furan rings is 1. The lowest BCUT2D eigenvalue weighted by Crippen LogP contribution is -2.69. The van der Waals surface area contributed by atoms with E-state index in [4.69, 9.17) is 9.15 Å². The minimum absolute atomic E-state index is 0.0565. The number of hydrogen-bond donors (Lipinski definition) is 2. The predicted octanol–water partition coefficient (Wildman–Crippen LogP) is 3.24. The monoisotopic (exact) mass is 380 g/mol. The van der Waals surface area contributed by atoms with Crippen LogP contribution in [0.2, 0.25) is 0 Å². The van der Waals surface area contributed by atoms with E-state index in [1.54, 1.807) is 12.3 Å². The van der Waals surface area contributed by atoms with Crippen molar-refractivity contribution in [2.45, 2.75) is 44.9 Å². The van der Waals surface area contributed by atoms with Gasteiger partial charge in [0.05, 0.1) is 18.4 Å². The Morgan fingerprint density at radius 1 is 1.29 bits per heavy atom. The number of nitrogens with one attached hydrogen (secondary N) is 2. The molecule has 146 valence electrons. The number of carbonyl (C=O) groups is 2. The van der Waals surface area contributed by atoms with Crippen molar-refractivity contribution in [3.05, 3.63) is 54.0 Å². The van der Waals surface area contributed by atoms with Crippen molar-refractivity contribution in [2.75, 3.05) is 0 Å². The van der Waals surface area contributed by atoms with Gasteiger partial charge in [-0.1, -0.05) is 19.1 Å². The average molecular weight is 380 g/mol. The van der Waals surface area contributed by atoms with Gasteiger partial charge in [0.15, 0.2) is 5.72 Å². The van der Waals surface area contributed by atoms with Crippen molar-refractivity contribution >= 4 is 11.8 Å². The van der Waals surface area contributed by atoms with Crippen LogP contribution < -0.4 is 15.4 Å². The van der Waals surface area contributed by atoms with Gasteiger partial charge in [-0.25, -0.2) is 0 Å². The van der Waals surface area contributed by atoms with Gasteiger partial charge in [0.25, 0.3) is 5.91 Å². The molecule has 28 heavy (non-hydrogen) atoms. The van der Waals surface area contributed by atoms with Crippen LogP contribution in [0.1, 0.15) is 48.7 Å². The highest BCUT2D eigenvalue weighted by Gasteiger charge is 2.61. The number of ether oxygens (including phenoxy) is 1. The number of fused-ring (bicyclic) bond motifs is 3. The van der Waals surface area contributed by atoms with Crippen LogP contribution in [0.15, 0.2) is 47.1 Å². The van der Waals surface area contributed by atoms with Gasteiger partial charge in [-0.3, -0.25) is 9.59 Å². The minimum atomic E-state index is -0.712. The summed E-state index contributed by atoms with van der Waals surface area (Å²) in [5.74, 6) is 1.38. The molecule has 1 spiro atoms. The van der Waals surface area contributed by atoms with E-state index in [0.717, 1.165) is 18.6 Å². The van der Waals surface area contributed by atoms with E-state index in [1.165, 1.54) is 0 Å². The molecule has 2 N–H and O–H groups in total. The molecule has 1 aliphatic heterocycles. The van der Waals surface area contributed by atoms with E-state index in [-0.39, 0.29) is 29.1 Å². The summed E-state index contributed by atoms with van der Waals surface area (Å²) in [4.78, 5) is 25.6. The summed E-state index contributed by atoms with van der Waals surface area (Å²) in [5.41, 5.74) is -0.356. The van der Waals surface area contributed by atoms with E-state index in [1.807, 2.05) is 30.3 Å². The number of benzene rings is 1. The summed E-state index contributed by atoms with van der Waals surface area (Å²) in [5, 5.41) is 6.17. The second kappa shape index (κ2) is 6.12. The SMILES string of the molecule is C[C@]12CC[C@H](C[C@@H]1C(=O)NCc1ccco1)[C@@]1(C2)NC(=O)c2ccccc2O1. The first-order chi connectivity index (χ1) is 13.5. The summed E-state index contributed by atoms with van der Waals surface area (Å²) in [6, 6.07) is 11.0. The van der Waals surface area contributed by atoms with Gasteiger partial charge in [-0.15, -0.1) is 0 Å². The zero-order valence-corrected chi connectivity index (χ0v) is 15.9. The fourth-order valence-electron chi connectivity index (χ4n) is 5.37. The molecule has 4 atom stereocenters. The molecule has 1 aromatic heterocycles. The third-order valence-electron chi connectivity index (χ3n) is 6.83. The molecule has 4 aliphatic rings. The zero-order chi connectivity index (χ0) is 19.4. The van der Waals surface area contributed by atoms with Crippen LogP contribution in [0, 0.1) is 17.3 Å². The molecule has 6 heteroatoms. The normalized spacial score (nSPS) is 33.1. The highest BCUT2D eigenvalue weighted by Crippen LogP contribution is 2.58. The first-order valence-corrected chi connectivity index (χ1v) is 9.90. The molecule has 0 saturated heterocycles. The molecule has 2 bridgehead atoms. The zero-order valence-electron chi connectivity index (χ0n) is 15.9. The van der Waals surface area contributed by atoms with Gasteiger partial charge in [0.1, 0.15) is 11.5 Å². The fraction of sp³-hybridized carbons (Fsp3) is 0.455. The van der Waals surface area contributed by atoms with E-state index in [9.17, 15) is 9.59 Å². The molecule has 6 rings (SSSR count). The third-order valence-corrected chi connectivity index (χ3v) is 6.83. The van der Waals surface area contributed by atoms with Gasteiger partial charge in [0, 0.05) is 18.3 Å². The maximum atomic E-state index is 12.9. The van der Waals surface area contributed by atoms with E-state index < -0.39 is 5.72 Å². The molecule has 3 aliphatic carbocycles. The Balaban J connectivity index is 1.37. The Hall–Kier alpha value is -2.76. The van der Waals surface area contributed by atoms with Crippen molar-refractivity contribution in [1.82, 2.24) is 10.6 Å². The average Bonchev–Trinajstić information content (AvgIpc) is 3.19. The molecule has 2 amide bonds. The summed E-state index contributed by atoms with van der Waals surface area (Å²) in [6.45, 7) is 2.55. The lowest BCUT2D eigenvalue weighted by molar-refractivity contribution is -0.167. The molecule has 2 aromatic rings. The van der Waals surface area contributed by atoms with Crippen molar-refractivity contribution in [1.29, 1.82) is 0 Å². The molecule has 1 aromatic carbocycles. The Morgan fingerprint density at radius 3 is 2.93 bits per heavy atom. The second-order valence-corrected chi connectivity index (χ2v) is 8.59. The van der Waals surface area contributed by atoms with Crippen molar-refractivity contribution < 1.29 is 18.7 Å². The smallest absolute Gasteiger partial charge is 0.258 e. The molecular weight excluding hydrogens is 356 g/mol. The number of amides is 2. The van der Waals surface area contributed by atoms with Gasteiger partial charge in [-0.2, -0.15) is 0 Å². The van der Waals surface area contributed by atoms with E-state index >= 15 is 0 Å². The van der Waals surface area contributed by atoms with Crippen LogP contribution in [0.3, 0.4) is 0 Å². The molecule has 0 unspecified atom stereocenters. The van der Waals surface area contributed by atoms with Crippen LogP contribution >= 0.6 is 0 Å². The third kappa shape index (κ3) is 2.62. The largest absolute Gasteiger partial charge is 0.467 e. The van der Waals surface area contributed by atoms with E-state index in [0.29, 0.717) is 30.7 Å². The maximum absolute atomic E-state index is 12.9. The quantitative estimate of drug-likeness (QED) is 0.857. The Bertz CT molecular complexity index is 924. The first kappa shape index (κ1) is 17.3. The fourth-order valence-corrected chi connectivity index (χ4v) is 5.37. The molecule has 3 fully saturated rings. The Labute approximate surface area is 163 Å².